The Balaban J connectivity index is 1.89. The first kappa shape index (κ1) is 14.3. The summed E-state index contributed by atoms with van der Waals surface area (Å²) in [5.41, 5.74) is 2.08. The van der Waals surface area contributed by atoms with Crippen LogP contribution in [0.5, 0.6) is 0 Å². The van der Waals surface area contributed by atoms with Gasteiger partial charge in [0.05, 0.1) is 11.3 Å². The first-order valence-corrected chi connectivity index (χ1v) is 8.33. The number of aromatic nitrogens is 1. The zero-order valence-electron chi connectivity index (χ0n) is 12.6. The number of carbonyl (C=O) groups excluding carboxylic acids is 2. The van der Waals surface area contributed by atoms with E-state index in [0.717, 1.165) is 23.4 Å². The van der Waals surface area contributed by atoms with Crippen LogP contribution >= 0.6 is 11.8 Å². The Morgan fingerprint density at radius 1 is 1.35 bits per heavy atom. The van der Waals surface area contributed by atoms with Crippen LogP contribution in [0.3, 0.4) is 0 Å². The van der Waals surface area contributed by atoms with Gasteiger partial charge in [-0.15, -0.1) is 0 Å². The molecule has 1 N–H and O–H groups in total. The second-order valence-electron chi connectivity index (χ2n) is 5.63. The molecule has 1 aliphatic carbocycles. The number of hydrogen-bond donors (Lipinski definition) is 1. The molecule has 0 unspecified atom stereocenters. The number of nitrogens with one attached hydrogen (secondary N) is 1. The van der Waals surface area contributed by atoms with Crippen molar-refractivity contribution in [1.82, 2.24) is 10.3 Å². The quantitative estimate of drug-likeness (QED) is 0.922. The fourth-order valence-electron chi connectivity index (χ4n) is 2.75. The number of anilines is 1. The van der Waals surface area contributed by atoms with Crippen molar-refractivity contribution in [2.75, 3.05) is 11.9 Å². The Labute approximate surface area is 138 Å². The van der Waals surface area contributed by atoms with Gasteiger partial charge < -0.3 is 10.2 Å². The molecule has 1 fully saturated rings. The van der Waals surface area contributed by atoms with E-state index in [9.17, 15) is 9.59 Å². The lowest BCUT2D eigenvalue weighted by Gasteiger charge is -2.22. The number of fused-ring (bicyclic) bond motifs is 2. The molecule has 1 aromatic carbocycles. The molecule has 0 spiro atoms. The number of rotatable bonds is 2. The van der Waals surface area contributed by atoms with E-state index in [0.29, 0.717) is 16.2 Å². The molecule has 0 atom stereocenters. The molecule has 116 valence electrons. The first-order chi connectivity index (χ1) is 11.2. The highest BCUT2D eigenvalue weighted by Crippen LogP contribution is 2.44. The van der Waals surface area contributed by atoms with Gasteiger partial charge in [-0.2, -0.15) is 0 Å². The van der Waals surface area contributed by atoms with E-state index in [4.69, 9.17) is 0 Å². The summed E-state index contributed by atoms with van der Waals surface area (Å²) in [6, 6.07) is 9.33. The van der Waals surface area contributed by atoms with Gasteiger partial charge in [0, 0.05) is 29.7 Å². The van der Waals surface area contributed by atoms with Gasteiger partial charge in [0.1, 0.15) is 5.03 Å². The highest BCUT2D eigenvalue weighted by Gasteiger charge is 2.38. The van der Waals surface area contributed by atoms with Crippen LogP contribution in [0.2, 0.25) is 0 Å². The number of carbonyl (C=O) groups is 2. The van der Waals surface area contributed by atoms with Gasteiger partial charge in [0.25, 0.3) is 11.8 Å². The van der Waals surface area contributed by atoms with Crippen molar-refractivity contribution in [3.63, 3.8) is 0 Å². The molecule has 4 rings (SSSR count). The van der Waals surface area contributed by atoms with Gasteiger partial charge in [-0.25, -0.2) is 4.98 Å². The Morgan fingerprint density at radius 3 is 2.91 bits per heavy atom. The molecule has 1 aliphatic heterocycles. The van der Waals surface area contributed by atoms with E-state index in [2.05, 4.69) is 10.3 Å². The van der Waals surface area contributed by atoms with Gasteiger partial charge in [-0.3, -0.25) is 9.59 Å². The second-order valence-corrected chi connectivity index (χ2v) is 6.66. The lowest BCUT2D eigenvalue weighted by molar-refractivity contribution is 0.0961. The third-order valence-corrected chi connectivity index (χ3v) is 5.11. The summed E-state index contributed by atoms with van der Waals surface area (Å²) < 4.78 is 0. The van der Waals surface area contributed by atoms with E-state index >= 15 is 0 Å². The predicted molar refractivity (Wildman–Crippen MR) is 88.0 cm³/mol. The molecular formula is C17H15N3O2S. The number of amides is 2. The van der Waals surface area contributed by atoms with E-state index in [1.807, 2.05) is 23.1 Å². The number of benzene rings is 1. The predicted octanol–water partition coefficient (Wildman–Crippen LogP) is 2.72. The average molecular weight is 325 g/mol. The van der Waals surface area contributed by atoms with Crippen LogP contribution in [-0.4, -0.2) is 29.9 Å². The van der Waals surface area contributed by atoms with Crippen molar-refractivity contribution in [3.8, 4) is 0 Å². The summed E-state index contributed by atoms with van der Waals surface area (Å²) in [5.74, 6) is -0.141. The van der Waals surface area contributed by atoms with Crippen LogP contribution in [0.25, 0.3) is 0 Å². The van der Waals surface area contributed by atoms with Gasteiger partial charge in [0.2, 0.25) is 0 Å². The Kier molecular flexibility index (Phi) is 3.34. The summed E-state index contributed by atoms with van der Waals surface area (Å²) in [4.78, 5) is 32.0. The molecule has 2 amide bonds. The third kappa shape index (κ3) is 2.39. The third-order valence-electron chi connectivity index (χ3n) is 4.05. The highest BCUT2D eigenvalue weighted by molar-refractivity contribution is 7.99. The van der Waals surface area contributed by atoms with Crippen LogP contribution < -0.4 is 10.2 Å². The monoisotopic (exact) mass is 325 g/mol. The van der Waals surface area contributed by atoms with Crippen molar-refractivity contribution < 1.29 is 9.59 Å². The molecule has 0 saturated heterocycles. The zero-order chi connectivity index (χ0) is 16.0. The van der Waals surface area contributed by atoms with Gasteiger partial charge >= 0.3 is 0 Å². The Morgan fingerprint density at radius 2 is 2.17 bits per heavy atom. The smallest absolute Gasteiger partial charge is 0.261 e. The standard InChI is InChI=1S/C17H15N3O2S/c1-18-15(21)10-4-7-13-14(9-10)23-16-12(3-2-8-19-16)17(22)20(13)11-5-6-11/h2-4,7-9,11H,5-6H2,1H3,(H,18,21). The molecule has 1 saturated carbocycles. The van der Waals surface area contributed by atoms with E-state index in [-0.39, 0.29) is 17.9 Å². The molecular weight excluding hydrogens is 310 g/mol. The van der Waals surface area contributed by atoms with Crippen molar-refractivity contribution in [3.05, 3.63) is 47.7 Å². The van der Waals surface area contributed by atoms with E-state index in [1.165, 1.54) is 11.8 Å². The number of hydrogen-bond acceptors (Lipinski definition) is 4. The SMILES string of the molecule is CNC(=O)c1ccc2c(c1)Sc1ncccc1C(=O)N2C1CC1. The van der Waals surface area contributed by atoms with Gasteiger partial charge in [-0.1, -0.05) is 11.8 Å². The molecule has 2 aromatic rings. The van der Waals surface area contributed by atoms with Gasteiger partial charge in [-0.05, 0) is 43.2 Å². The molecule has 2 aliphatic rings. The van der Waals surface area contributed by atoms with Crippen molar-refractivity contribution in [2.24, 2.45) is 0 Å². The summed E-state index contributed by atoms with van der Waals surface area (Å²) in [7, 11) is 1.61. The number of pyridine rings is 1. The highest BCUT2D eigenvalue weighted by atomic mass is 32.2. The van der Waals surface area contributed by atoms with E-state index in [1.54, 1.807) is 25.4 Å². The van der Waals surface area contributed by atoms with Crippen LogP contribution in [0.15, 0.2) is 46.5 Å². The van der Waals surface area contributed by atoms with Crippen molar-refractivity contribution in [1.29, 1.82) is 0 Å². The minimum Gasteiger partial charge on any atom is -0.355 e. The minimum atomic E-state index is -0.136. The maximum absolute atomic E-state index is 12.9. The van der Waals surface area contributed by atoms with Crippen LogP contribution in [-0.2, 0) is 0 Å². The lowest BCUT2D eigenvalue weighted by Crippen LogP contribution is -2.33. The fourth-order valence-corrected chi connectivity index (χ4v) is 3.80. The van der Waals surface area contributed by atoms with Crippen LogP contribution in [0, 0.1) is 0 Å². The van der Waals surface area contributed by atoms with Gasteiger partial charge in [0.15, 0.2) is 0 Å². The minimum absolute atomic E-state index is 0.00505. The normalized spacial score (nSPS) is 16.4. The maximum atomic E-state index is 12.9. The first-order valence-electron chi connectivity index (χ1n) is 7.51. The zero-order valence-corrected chi connectivity index (χ0v) is 13.4. The maximum Gasteiger partial charge on any atom is 0.261 e. The van der Waals surface area contributed by atoms with Crippen LogP contribution in [0.4, 0.5) is 5.69 Å². The molecule has 0 bridgehead atoms. The Hall–Kier alpha value is -2.34. The molecule has 6 heteroatoms. The van der Waals surface area contributed by atoms with E-state index < -0.39 is 0 Å². The van der Waals surface area contributed by atoms with Crippen molar-refractivity contribution in [2.45, 2.75) is 28.8 Å². The summed E-state index contributed by atoms with van der Waals surface area (Å²) in [6.45, 7) is 0. The van der Waals surface area contributed by atoms with Crippen LogP contribution in [0.1, 0.15) is 33.6 Å². The summed E-state index contributed by atoms with van der Waals surface area (Å²) in [6.07, 6.45) is 3.72. The Bertz CT molecular complexity index is 817. The fraction of sp³-hybridized carbons (Fsp3) is 0.235. The lowest BCUT2D eigenvalue weighted by atomic mass is 10.1. The molecule has 2 heterocycles. The number of nitrogens with zero attached hydrogens (tertiary/aromatic N) is 2. The molecule has 5 nitrogen and oxygen atoms in total. The average Bonchev–Trinajstić information content (AvgIpc) is 3.40. The largest absolute Gasteiger partial charge is 0.355 e. The van der Waals surface area contributed by atoms with Crippen molar-refractivity contribution >= 4 is 29.3 Å². The topological polar surface area (TPSA) is 62.3 Å². The molecule has 23 heavy (non-hydrogen) atoms. The molecule has 1 aromatic heterocycles. The summed E-state index contributed by atoms with van der Waals surface area (Å²) >= 11 is 1.44. The summed E-state index contributed by atoms with van der Waals surface area (Å²) in [5, 5.41) is 3.32. The second kappa shape index (κ2) is 5.38. The molecule has 0 radical (unpaired) electrons.